The molecule has 4 nitrogen and oxygen atoms in total. The molecule has 0 aliphatic heterocycles. The van der Waals surface area contributed by atoms with E-state index >= 15 is 0 Å². The lowest BCUT2D eigenvalue weighted by Crippen LogP contribution is -2.37. The van der Waals surface area contributed by atoms with Crippen molar-refractivity contribution in [2.24, 2.45) is 4.99 Å². The number of para-hydroxylation sites is 1. The summed E-state index contributed by atoms with van der Waals surface area (Å²) in [6.45, 7) is 23.1. The first-order valence-electron chi connectivity index (χ1n) is 16.0. The lowest BCUT2D eigenvalue weighted by atomic mass is 9.93. The summed E-state index contributed by atoms with van der Waals surface area (Å²) in [5.41, 5.74) is 13.3. The van der Waals surface area contributed by atoms with E-state index in [0.717, 1.165) is 17.8 Å². The number of pyridine rings is 1. The Morgan fingerprint density at radius 1 is 0.955 bits per heavy atom. The number of allylic oxidation sites excluding steroid dienone is 9. The van der Waals surface area contributed by atoms with Gasteiger partial charge in [0.05, 0.1) is 31.4 Å². The van der Waals surface area contributed by atoms with Gasteiger partial charge in [-0.15, -0.1) is 0 Å². The molecule has 0 bridgehead atoms. The fourth-order valence-corrected chi connectivity index (χ4v) is 11.0. The Labute approximate surface area is 266 Å². The van der Waals surface area contributed by atoms with Crippen LogP contribution < -0.4 is 0 Å². The van der Waals surface area contributed by atoms with Crippen LogP contribution in [0.2, 0.25) is 24.2 Å². The maximum atomic E-state index is 12.5. The Morgan fingerprint density at radius 2 is 1.57 bits per heavy atom. The molecular weight excluding hydrogens is 557 g/mol. The molecular formula is C39H50N2O2Si. The highest BCUT2D eigenvalue weighted by molar-refractivity contribution is 6.82. The standard InChI is InChI=1S/C39H50N2O2Si/c1-25(2)35-17-13-18-36(26(3)4)38(35)40-23-32-15-12-16-33(41-32)24-43-37(42)19-11-14-31-20-21-34(22-31)44(9,10)39-29(7)27(5)28(6)30(39)8/h11-13,15-23,25-26,34,39H,14,24H2,1-10H3/b19-11+,40-23?. The van der Waals surface area contributed by atoms with Crippen molar-refractivity contribution in [1.82, 2.24) is 4.98 Å². The van der Waals surface area contributed by atoms with Gasteiger partial charge in [0.15, 0.2) is 0 Å². The highest BCUT2D eigenvalue weighted by Gasteiger charge is 2.43. The summed E-state index contributed by atoms with van der Waals surface area (Å²) in [6.07, 6.45) is 13.0. The molecule has 1 unspecified atom stereocenters. The lowest BCUT2D eigenvalue weighted by molar-refractivity contribution is -0.139. The quantitative estimate of drug-likeness (QED) is 0.111. The predicted molar refractivity (Wildman–Crippen MR) is 189 cm³/mol. The monoisotopic (exact) mass is 606 g/mol. The SMILES string of the molecule is CC1=C(C)C([Si](C)(C)C2C=CC(C/C=C/C(=O)OCc3cccc(C=Nc4c(C(C)C)cccc4C(C)C)n3)=C2)C(C)=C1C. The zero-order chi connectivity index (χ0) is 32.2. The van der Waals surface area contributed by atoms with Crippen molar-refractivity contribution >= 4 is 25.9 Å². The molecule has 1 aromatic heterocycles. The minimum absolute atomic E-state index is 0.120. The maximum absolute atomic E-state index is 12.5. The Balaban J connectivity index is 1.34. The summed E-state index contributed by atoms with van der Waals surface area (Å²) in [7, 11) is -1.66. The van der Waals surface area contributed by atoms with Crippen LogP contribution in [0.1, 0.15) is 96.2 Å². The Kier molecular flexibility index (Phi) is 10.6. The molecule has 0 amide bonds. The molecule has 0 saturated carbocycles. The van der Waals surface area contributed by atoms with E-state index in [1.165, 1.54) is 33.9 Å². The van der Waals surface area contributed by atoms with E-state index in [0.29, 0.717) is 28.6 Å². The summed E-state index contributed by atoms with van der Waals surface area (Å²) in [6, 6.07) is 12.1. The van der Waals surface area contributed by atoms with E-state index in [-0.39, 0.29) is 12.6 Å². The first kappa shape index (κ1) is 33.3. The largest absolute Gasteiger partial charge is 0.456 e. The zero-order valence-electron chi connectivity index (χ0n) is 28.4. The molecule has 2 aliphatic rings. The van der Waals surface area contributed by atoms with Gasteiger partial charge in [-0.2, -0.15) is 0 Å². The van der Waals surface area contributed by atoms with Crippen LogP contribution in [0.25, 0.3) is 0 Å². The molecule has 2 aromatic rings. The number of benzene rings is 1. The summed E-state index contributed by atoms with van der Waals surface area (Å²) in [4.78, 5) is 22.1. The highest BCUT2D eigenvalue weighted by atomic mass is 28.3. The summed E-state index contributed by atoms with van der Waals surface area (Å²) < 4.78 is 5.52. The van der Waals surface area contributed by atoms with Crippen LogP contribution in [0.5, 0.6) is 0 Å². The van der Waals surface area contributed by atoms with E-state index in [9.17, 15) is 4.79 Å². The van der Waals surface area contributed by atoms with Crippen LogP contribution in [0.4, 0.5) is 5.69 Å². The van der Waals surface area contributed by atoms with Gasteiger partial charge in [-0.25, -0.2) is 9.78 Å². The van der Waals surface area contributed by atoms with Gasteiger partial charge in [0, 0.05) is 6.08 Å². The van der Waals surface area contributed by atoms with E-state index < -0.39 is 8.07 Å². The fraction of sp³-hybridized carbons (Fsp3) is 0.410. The molecule has 1 aromatic carbocycles. The van der Waals surface area contributed by atoms with Crippen molar-refractivity contribution < 1.29 is 9.53 Å². The number of aliphatic imine (C=N–C) groups is 1. The van der Waals surface area contributed by atoms with E-state index in [1.807, 2.05) is 30.5 Å². The first-order chi connectivity index (χ1) is 20.8. The Bertz CT molecular complexity index is 1530. The van der Waals surface area contributed by atoms with Gasteiger partial charge in [-0.1, -0.05) is 101 Å². The molecule has 0 fully saturated rings. The second-order valence-corrected chi connectivity index (χ2v) is 18.5. The van der Waals surface area contributed by atoms with Gasteiger partial charge in [-0.3, -0.25) is 4.99 Å². The fourth-order valence-electron chi connectivity index (χ4n) is 6.75. The zero-order valence-corrected chi connectivity index (χ0v) is 29.4. The molecule has 5 heteroatoms. The summed E-state index contributed by atoms with van der Waals surface area (Å²) >= 11 is 0. The molecule has 1 heterocycles. The second kappa shape index (κ2) is 14.0. The topological polar surface area (TPSA) is 51.5 Å². The van der Waals surface area contributed by atoms with Crippen LogP contribution in [0.15, 0.2) is 99.6 Å². The highest BCUT2D eigenvalue weighted by Crippen LogP contribution is 2.52. The summed E-state index contributed by atoms with van der Waals surface area (Å²) in [5.74, 6) is 0.390. The minimum atomic E-state index is -1.66. The Hall–Kier alpha value is -3.57. The van der Waals surface area contributed by atoms with Crippen molar-refractivity contribution in [2.75, 3.05) is 0 Å². The van der Waals surface area contributed by atoms with Gasteiger partial charge in [-0.05, 0) is 97.0 Å². The molecule has 2 aliphatic carbocycles. The molecule has 44 heavy (non-hydrogen) atoms. The third kappa shape index (κ3) is 7.38. The number of aromatic nitrogens is 1. The second-order valence-electron chi connectivity index (χ2n) is 13.6. The van der Waals surface area contributed by atoms with Crippen molar-refractivity contribution in [3.05, 3.63) is 117 Å². The average molecular weight is 607 g/mol. The van der Waals surface area contributed by atoms with Gasteiger partial charge >= 0.3 is 5.97 Å². The van der Waals surface area contributed by atoms with Crippen LogP contribution >= 0.6 is 0 Å². The smallest absolute Gasteiger partial charge is 0.330 e. The molecule has 0 saturated heterocycles. The third-order valence-corrected chi connectivity index (χ3v) is 14.0. The van der Waals surface area contributed by atoms with Crippen LogP contribution in [-0.2, 0) is 16.1 Å². The van der Waals surface area contributed by atoms with Crippen molar-refractivity contribution in [2.45, 2.75) is 104 Å². The average Bonchev–Trinajstić information content (AvgIpc) is 3.54. The van der Waals surface area contributed by atoms with Gasteiger partial charge in [0.25, 0.3) is 0 Å². The molecule has 1 atom stereocenters. The number of carbonyl (C=O) groups excluding carboxylic acids is 1. The van der Waals surface area contributed by atoms with E-state index in [4.69, 9.17) is 9.73 Å². The number of nitrogens with zero attached hydrogens (tertiary/aromatic N) is 2. The minimum Gasteiger partial charge on any atom is -0.456 e. The molecule has 232 valence electrons. The first-order valence-corrected chi connectivity index (χ1v) is 19.2. The molecule has 0 spiro atoms. The number of esters is 1. The van der Waals surface area contributed by atoms with Gasteiger partial charge in [0.1, 0.15) is 6.61 Å². The van der Waals surface area contributed by atoms with Crippen molar-refractivity contribution in [3.8, 4) is 0 Å². The third-order valence-electron chi connectivity index (χ3n) is 9.59. The lowest BCUT2D eigenvalue weighted by Gasteiger charge is -2.36. The number of carbonyl (C=O) groups is 1. The normalized spacial score (nSPS) is 17.8. The van der Waals surface area contributed by atoms with Gasteiger partial charge in [0.2, 0.25) is 0 Å². The van der Waals surface area contributed by atoms with Gasteiger partial charge < -0.3 is 4.74 Å². The number of rotatable bonds is 11. The van der Waals surface area contributed by atoms with Crippen LogP contribution in [-0.4, -0.2) is 25.2 Å². The van der Waals surface area contributed by atoms with Crippen molar-refractivity contribution in [3.63, 3.8) is 0 Å². The number of hydrogen-bond donors (Lipinski definition) is 0. The Morgan fingerprint density at radius 3 is 2.18 bits per heavy atom. The molecule has 0 N–H and O–H groups in total. The van der Waals surface area contributed by atoms with Crippen LogP contribution in [0.3, 0.4) is 0 Å². The van der Waals surface area contributed by atoms with E-state index in [2.05, 4.69) is 110 Å². The molecule has 4 rings (SSSR count). The number of ether oxygens (including phenoxy) is 1. The molecule has 0 radical (unpaired) electrons. The number of hydrogen-bond acceptors (Lipinski definition) is 4. The van der Waals surface area contributed by atoms with Crippen molar-refractivity contribution in [1.29, 1.82) is 0 Å². The van der Waals surface area contributed by atoms with Crippen LogP contribution in [0, 0.1) is 0 Å². The van der Waals surface area contributed by atoms with E-state index in [1.54, 1.807) is 11.1 Å². The summed E-state index contributed by atoms with van der Waals surface area (Å²) in [5, 5.41) is 0. The maximum Gasteiger partial charge on any atom is 0.330 e. The predicted octanol–water partition coefficient (Wildman–Crippen LogP) is 10.7.